The van der Waals surface area contributed by atoms with Crippen LogP contribution in [0.5, 0.6) is 0 Å². The van der Waals surface area contributed by atoms with Gasteiger partial charge in [0.05, 0.1) is 6.61 Å². The maximum atomic E-state index is 12.7. The summed E-state index contributed by atoms with van der Waals surface area (Å²) in [5.74, 6) is 0.438. The normalized spacial score (nSPS) is 23.8. The van der Waals surface area contributed by atoms with E-state index >= 15 is 0 Å². The van der Waals surface area contributed by atoms with Gasteiger partial charge in [-0.05, 0) is 50.4 Å². The predicted molar refractivity (Wildman–Crippen MR) is 116 cm³/mol. The number of benzene rings is 1. The molecule has 0 bridgehead atoms. The number of aromatic nitrogens is 1. The van der Waals surface area contributed by atoms with E-state index in [0.717, 1.165) is 39.0 Å². The average molecular weight is 399 g/mol. The molecule has 1 aromatic heterocycles. The number of amides is 2. The van der Waals surface area contributed by atoms with Gasteiger partial charge < -0.3 is 19.9 Å². The van der Waals surface area contributed by atoms with Crippen LogP contribution in [0, 0.1) is 0 Å². The van der Waals surface area contributed by atoms with Crippen molar-refractivity contribution < 1.29 is 9.53 Å². The third kappa shape index (κ3) is 3.53. The Morgan fingerprint density at radius 2 is 2.10 bits per heavy atom. The maximum absolute atomic E-state index is 12.7. The average Bonchev–Trinajstić information content (AvgIpc) is 3.07. The van der Waals surface area contributed by atoms with Crippen LogP contribution >= 0.6 is 0 Å². The number of fused-ring (bicyclic) bond motifs is 2. The lowest BCUT2D eigenvalue weighted by Gasteiger charge is -2.47. The van der Waals surface area contributed by atoms with Gasteiger partial charge in [0.25, 0.3) is 0 Å². The van der Waals surface area contributed by atoms with Gasteiger partial charge in [-0.3, -0.25) is 4.90 Å². The number of ether oxygens (including phenoxy) is 1. The lowest BCUT2D eigenvalue weighted by molar-refractivity contribution is 0.103. The van der Waals surface area contributed by atoms with E-state index in [4.69, 9.17) is 4.74 Å². The number of hydrogen-bond acceptors (Lipinski definition) is 3. The highest BCUT2D eigenvalue weighted by atomic mass is 16.5. The summed E-state index contributed by atoms with van der Waals surface area (Å²) in [6, 6.07) is 7.33. The first-order chi connectivity index (χ1) is 14.1. The van der Waals surface area contributed by atoms with Gasteiger partial charge in [-0.15, -0.1) is 0 Å². The summed E-state index contributed by atoms with van der Waals surface area (Å²) < 4.78 is 5.46. The first kappa shape index (κ1) is 20.2. The number of carbonyl (C=O) groups is 1. The third-order valence-electron chi connectivity index (χ3n) is 6.86. The van der Waals surface area contributed by atoms with Crippen molar-refractivity contribution in [3.8, 4) is 0 Å². The molecule has 1 fully saturated rings. The molecule has 158 valence electrons. The van der Waals surface area contributed by atoms with Crippen molar-refractivity contribution in [2.24, 2.45) is 0 Å². The number of hydrogen-bond donors (Lipinski definition) is 2. The van der Waals surface area contributed by atoms with E-state index in [0.29, 0.717) is 18.6 Å². The summed E-state index contributed by atoms with van der Waals surface area (Å²) in [4.78, 5) is 20.7. The minimum Gasteiger partial charge on any atom is -0.378 e. The Morgan fingerprint density at radius 3 is 2.79 bits per heavy atom. The molecular weight excluding hydrogens is 364 g/mol. The predicted octanol–water partition coefficient (Wildman–Crippen LogP) is 3.47. The van der Waals surface area contributed by atoms with Crippen molar-refractivity contribution in [3.05, 3.63) is 35.0 Å². The molecule has 0 spiro atoms. The highest BCUT2D eigenvalue weighted by molar-refractivity contribution is 5.89. The van der Waals surface area contributed by atoms with Crippen molar-refractivity contribution in [3.63, 3.8) is 0 Å². The Bertz CT molecular complexity index is 873. The smallest absolute Gasteiger partial charge is 0.317 e. The van der Waals surface area contributed by atoms with E-state index < -0.39 is 0 Å². The molecule has 3 atom stereocenters. The van der Waals surface area contributed by atoms with Gasteiger partial charge in [-0.25, -0.2) is 4.79 Å². The van der Waals surface area contributed by atoms with E-state index in [1.165, 1.54) is 27.7 Å². The monoisotopic (exact) mass is 398 g/mol. The first-order valence-electron chi connectivity index (χ1n) is 11.0. The number of aromatic amines is 1. The fourth-order valence-corrected chi connectivity index (χ4v) is 5.47. The molecule has 2 heterocycles. The molecule has 2 amide bonds. The van der Waals surface area contributed by atoms with Crippen LogP contribution in [0.3, 0.4) is 0 Å². The number of H-pyrrole nitrogens is 1. The Kier molecular flexibility index (Phi) is 5.83. The lowest BCUT2D eigenvalue weighted by atomic mass is 9.73. The molecule has 4 rings (SSSR count). The van der Waals surface area contributed by atoms with Crippen molar-refractivity contribution in [2.45, 2.75) is 58.2 Å². The molecule has 1 aliphatic carbocycles. The van der Waals surface area contributed by atoms with Crippen LogP contribution in [0.2, 0.25) is 0 Å². The van der Waals surface area contributed by atoms with Crippen molar-refractivity contribution >= 4 is 16.9 Å². The van der Waals surface area contributed by atoms with E-state index in [-0.39, 0.29) is 12.1 Å². The fourth-order valence-electron chi connectivity index (χ4n) is 5.47. The van der Waals surface area contributed by atoms with Crippen LogP contribution in [0.1, 0.15) is 49.9 Å². The van der Waals surface area contributed by atoms with Crippen LogP contribution in [0.15, 0.2) is 18.2 Å². The Balaban J connectivity index is 1.66. The minimum absolute atomic E-state index is 0.0632. The van der Waals surface area contributed by atoms with Crippen molar-refractivity contribution in [1.82, 2.24) is 20.1 Å². The summed E-state index contributed by atoms with van der Waals surface area (Å²) >= 11 is 0. The summed E-state index contributed by atoms with van der Waals surface area (Å²) in [6.45, 7) is 10.3. The van der Waals surface area contributed by atoms with Gasteiger partial charge in [0.15, 0.2) is 0 Å². The molecule has 6 heteroatoms. The first-order valence-corrected chi connectivity index (χ1v) is 11.0. The number of nitrogens with one attached hydrogen (secondary N) is 2. The molecule has 0 radical (unpaired) electrons. The molecule has 6 nitrogen and oxygen atoms in total. The van der Waals surface area contributed by atoms with Gasteiger partial charge in [0, 0.05) is 61.3 Å². The van der Waals surface area contributed by atoms with Gasteiger partial charge in [-0.1, -0.05) is 19.1 Å². The minimum atomic E-state index is 0.0632. The van der Waals surface area contributed by atoms with Gasteiger partial charge in [-0.2, -0.15) is 0 Å². The molecular formula is C23H34N4O2. The molecule has 1 unspecified atom stereocenters. The lowest BCUT2D eigenvalue weighted by Crippen LogP contribution is -2.57. The third-order valence-corrected chi connectivity index (χ3v) is 6.86. The zero-order chi connectivity index (χ0) is 20.5. The summed E-state index contributed by atoms with van der Waals surface area (Å²) in [6.07, 6.45) is 2.04. The van der Waals surface area contributed by atoms with Crippen LogP contribution < -0.4 is 5.32 Å². The SMILES string of the molecule is CCN(CC)C(=O)N[C@H]1CC2c3cccc4[nH]c(COC)c(c34)C[C@H]2N(CC)C1. The zero-order valence-electron chi connectivity index (χ0n) is 18.1. The topological polar surface area (TPSA) is 60.6 Å². The standard InChI is InChI=1S/C23H34N4O2/c1-5-26(6-2)23(28)24-15-11-17-16-9-8-10-19-22(16)18(20(25-19)14-29-4)12-21(17)27(7-3)13-15/h8-10,15,17,21,25H,5-7,11-14H2,1-4H3,(H,24,28)/t15-,17?,21+/m0/s1. The second-order valence-corrected chi connectivity index (χ2v) is 8.30. The summed E-state index contributed by atoms with van der Waals surface area (Å²) in [5.41, 5.74) is 5.26. The Labute approximate surface area is 173 Å². The second-order valence-electron chi connectivity index (χ2n) is 8.30. The van der Waals surface area contributed by atoms with Crippen molar-refractivity contribution in [1.29, 1.82) is 0 Å². The van der Waals surface area contributed by atoms with Crippen LogP contribution in [0.4, 0.5) is 4.79 Å². The molecule has 1 aromatic carbocycles. The van der Waals surface area contributed by atoms with Gasteiger partial charge >= 0.3 is 6.03 Å². The fraction of sp³-hybridized carbons (Fsp3) is 0.609. The number of carbonyl (C=O) groups excluding carboxylic acids is 1. The quantitative estimate of drug-likeness (QED) is 0.783. The second kappa shape index (κ2) is 8.36. The number of urea groups is 1. The molecule has 0 saturated carbocycles. The molecule has 1 aliphatic heterocycles. The molecule has 29 heavy (non-hydrogen) atoms. The molecule has 1 saturated heterocycles. The molecule has 2 aliphatic rings. The maximum Gasteiger partial charge on any atom is 0.317 e. The van der Waals surface area contributed by atoms with Crippen LogP contribution in [-0.2, 0) is 17.8 Å². The van der Waals surface area contributed by atoms with Gasteiger partial charge in [0.1, 0.15) is 0 Å². The van der Waals surface area contributed by atoms with E-state index in [9.17, 15) is 4.79 Å². The zero-order valence-corrected chi connectivity index (χ0v) is 18.1. The van der Waals surface area contributed by atoms with E-state index in [1.54, 1.807) is 7.11 Å². The number of methoxy groups -OCH3 is 1. The Morgan fingerprint density at radius 1 is 1.31 bits per heavy atom. The Hall–Kier alpha value is -2.05. The largest absolute Gasteiger partial charge is 0.378 e. The number of piperidine rings is 1. The summed E-state index contributed by atoms with van der Waals surface area (Å²) in [5, 5.41) is 4.70. The van der Waals surface area contributed by atoms with Gasteiger partial charge in [0.2, 0.25) is 0 Å². The van der Waals surface area contributed by atoms with Crippen molar-refractivity contribution in [2.75, 3.05) is 33.3 Å². The highest BCUT2D eigenvalue weighted by Gasteiger charge is 2.41. The number of likely N-dealkylation sites (tertiary alicyclic amines) is 1. The van der Waals surface area contributed by atoms with Crippen LogP contribution in [0.25, 0.3) is 10.9 Å². The summed E-state index contributed by atoms with van der Waals surface area (Å²) in [7, 11) is 1.76. The molecule has 2 aromatic rings. The molecule has 2 N–H and O–H groups in total. The number of likely N-dealkylation sites (N-methyl/N-ethyl adjacent to an activating group) is 1. The number of rotatable bonds is 6. The number of nitrogens with zero attached hydrogens (tertiary/aromatic N) is 2. The van der Waals surface area contributed by atoms with E-state index in [1.807, 2.05) is 18.7 Å². The van der Waals surface area contributed by atoms with E-state index in [2.05, 4.69) is 40.3 Å². The highest BCUT2D eigenvalue weighted by Crippen LogP contribution is 2.44. The van der Waals surface area contributed by atoms with Crippen LogP contribution in [-0.4, -0.2) is 66.2 Å².